The Balaban J connectivity index is 0.000000490. The third kappa shape index (κ3) is 2.17. The molecule has 0 unspecified atom stereocenters. The van der Waals surface area contributed by atoms with E-state index in [2.05, 4.69) is 26.0 Å². The predicted octanol–water partition coefficient (Wildman–Crippen LogP) is 1.63. The first-order valence-corrected chi connectivity index (χ1v) is 2.63. The summed E-state index contributed by atoms with van der Waals surface area (Å²) in [6, 6.07) is 0. The van der Waals surface area contributed by atoms with Gasteiger partial charge in [0.1, 0.15) is 0 Å². The first-order valence-electron chi connectivity index (χ1n) is 2.63. The quantitative estimate of drug-likeness (QED) is 0.424. The minimum atomic E-state index is 0. The van der Waals surface area contributed by atoms with Gasteiger partial charge in [-0.15, -0.1) is 0 Å². The van der Waals surface area contributed by atoms with Crippen molar-refractivity contribution in [3.63, 3.8) is 0 Å². The average Bonchev–Trinajstić information content (AvgIpc) is 1.87. The van der Waals surface area contributed by atoms with Crippen molar-refractivity contribution < 1.29 is 0 Å². The maximum absolute atomic E-state index is 2.25. The van der Waals surface area contributed by atoms with Gasteiger partial charge in [0.2, 0.25) is 0 Å². The van der Waals surface area contributed by atoms with Crippen LogP contribution < -0.4 is 0 Å². The van der Waals surface area contributed by atoms with Crippen LogP contribution in [0.5, 0.6) is 0 Å². The van der Waals surface area contributed by atoms with E-state index < -0.39 is 0 Å². The Morgan fingerprint density at radius 3 is 2.12 bits per heavy atom. The zero-order valence-corrected chi connectivity index (χ0v) is 4.86. The van der Waals surface area contributed by atoms with Gasteiger partial charge in [-0.25, -0.2) is 0 Å². The van der Waals surface area contributed by atoms with Crippen molar-refractivity contribution in [1.29, 1.82) is 0 Å². The van der Waals surface area contributed by atoms with E-state index in [1.54, 1.807) is 0 Å². The van der Waals surface area contributed by atoms with Crippen molar-refractivity contribution in [2.75, 3.05) is 0 Å². The van der Waals surface area contributed by atoms with Gasteiger partial charge in [0, 0.05) is 0 Å². The van der Waals surface area contributed by atoms with Gasteiger partial charge in [-0.2, -0.15) is 0 Å². The number of rotatable bonds is 0. The summed E-state index contributed by atoms with van der Waals surface area (Å²) in [5.41, 5.74) is 2.90. The normalized spacial score (nSPS) is 16.8. The summed E-state index contributed by atoms with van der Waals surface area (Å²) in [5, 5.41) is 0. The van der Waals surface area contributed by atoms with E-state index in [1.807, 2.05) is 0 Å². The first-order chi connectivity index (χ1) is 3.29. The van der Waals surface area contributed by atoms with Crippen molar-refractivity contribution in [2.45, 2.75) is 20.3 Å². The molecule has 1 aliphatic carbocycles. The second-order valence-electron chi connectivity index (χ2n) is 2.14. The van der Waals surface area contributed by atoms with Crippen molar-refractivity contribution in [3.8, 4) is 0 Å². The summed E-state index contributed by atoms with van der Waals surface area (Å²) in [7, 11) is 0. The molecule has 0 saturated heterocycles. The average molecular weight is 118 g/mol. The van der Waals surface area contributed by atoms with Gasteiger partial charge in [-0.05, 0) is 20.3 Å². The van der Waals surface area contributed by atoms with Gasteiger partial charge < -0.3 is 0 Å². The molecule has 0 aromatic heterocycles. The molecule has 1 heteroatoms. The van der Waals surface area contributed by atoms with Crippen LogP contribution in [-0.4, -0.2) is 29.6 Å². The van der Waals surface area contributed by atoms with Gasteiger partial charge in [-0.3, -0.25) is 0 Å². The van der Waals surface area contributed by atoms with Crippen LogP contribution in [0.1, 0.15) is 20.3 Å². The van der Waals surface area contributed by atoms with E-state index in [4.69, 9.17) is 0 Å². The molecule has 0 atom stereocenters. The molecule has 1 rings (SSSR count). The van der Waals surface area contributed by atoms with Crippen LogP contribution in [0.2, 0.25) is 0 Å². The molecule has 0 N–H and O–H groups in total. The Labute approximate surface area is 73.0 Å². The molecule has 0 aliphatic heterocycles. The Bertz CT molecular complexity index is 131. The molecule has 0 bridgehead atoms. The Morgan fingerprint density at radius 2 is 2.00 bits per heavy atom. The third-order valence-corrected chi connectivity index (χ3v) is 1.22. The fourth-order valence-corrected chi connectivity index (χ4v) is 0.828. The number of hydrogen-bond acceptors (Lipinski definition) is 0. The summed E-state index contributed by atoms with van der Waals surface area (Å²) in [5.74, 6) is 0. The molecule has 0 radical (unpaired) electrons. The van der Waals surface area contributed by atoms with E-state index in [1.165, 1.54) is 17.6 Å². The van der Waals surface area contributed by atoms with Crippen LogP contribution in [0.4, 0.5) is 0 Å². The number of allylic oxidation sites excluding steroid dienone is 4. The van der Waals surface area contributed by atoms with Crippen LogP contribution in [-0.2, 0) is 0 Å². The monoisotopic (exact) mass is 118 g/mol. The summed E-state index contributed by atoms with van der Waals surface area (Å²) in [6.07, 6.45) is 5.64. The molecule has 0 fully saturated rings. The molecule has 0 spiro atoms. The minimum absolute atomic E-state index is 0. The van der Waals surface area contributed by atoms with E-state index >= 15 is 0 Å². The van der Waals surface area contributed by atoms with Crippen LogP contribution in [0.3, 0.4) is 0 Å². The molecule has 0 aromatic carbocycles. The third-order valence-electron chi connectivity index (χ3n) is 1.22. The second kappa shape index (κ2) is 3.49. The zero-order chi connectivity index (χ0) is 5.28. The van der Waals surface area contributed by atoms with Gasteiger partial charge in [0.25, 0.3) is 0 Å². The first kappa shape index (κ1) is 8.48. The fourth-order valence-electron chi connectivity index (χ4n) is 0.828. The SMILES string of the molecule is CC1=CCC(C)=C1.[NaH]. The summed E-state index contributed by atoms with van der Waals surface area (Å²) in [4.78, 5) is 0. The second-order valence-corrected chi connectivity index (χ2v) is 2.14. The fraction of sp³-hybridized carbons (Fsp3) is 0.429. The van der Waals surface area contributed by atoms with Crippen molar-refractivity contribution in [3.05, 3.63) is 23.3 Å². The number of hydrogen-bond donors (Lipinski definition) is 0. The predicted molar refractivity (Wildman–Crippen MR) is 39.3 cm³/mol. The van der Waals surface area contributed by atoms with Gasteiger partial charge in [0.05, 0.1) is 0 Å². The van der Waals surface area contributed by atoms with E-state index in [9.17, 15) is 0 Å². The summed E-state index contributed by atoms with van der Waals surface area (Å²) < 4.78 is 0. The molecule has 0 saturated carbocycles. The molecule has 1 aliphatic rings. The van der Waals surface area contributed by atoms with Crippen molar-refractivity contribution in [2.24, 2.45) is 0 Å². The van der Waals surface area contributed by atoms with Crippen molar-refractivity contribution >= 4 is 29.6 Å². The molecule has 40 valence electrons. The molecular weight excluding hydrogens is 107 g/mol. The van der Waals surface area contributed by atoms with Crippen LogP contribution >= 0.6 is 0 Å². The molecule has 0 aromatic rings. The van der Waals surface area contributed by atoms with Crippen LogP contribution in [0, 0.1) is 0 Å². The summed E-state index contributed by atoms with van der Waals surface area (Å²) >= 11 is 0. The topological polar surface area (TPSA) is 0 Å². The molecule has 0 nitrogen and oxygen atoms in total. The van der Waals surface area contributed by atoms with Crippen molar-refractivity contribution in [1.82, 2.24) is 0 Å². The standard InChI is InChI=1S/C7H10.Na.H/c1-6-3-4-7(2)5-6;;/h3,5H,4H2,1-2H3;;. The van der Waals surface area contributed by atoms with Crippen LogP contribution in [0.15, 0.2) is 23.3 Å². The molecule has 0 heterocycles. The molecule has 0 amide bonds. The molecular formula is C7H11Na. The van der Waals surface area contributed by atoms with E-state index in [0.29, 0.717) is 0 Å². The van der Waals surface area contributed by atoms with Gasteiger partial charge in [-0.1, -0.05) is 23.3 Å². The van der Waals surface area contributed by atoms with Crippen LogP contribution in [0.25, 0.3) is 0 Å². The Hall–Kier alpha value is 0.480. The van der Waals surface area contributed by atoms with E-state index in [0.717, 1.165) is 0 Å². The Kier molecular flexibility index (Phi) is 3.70. The zero-order valence-electron chi connectivity index (χ0n) is 4.86. The van der Waals surface area contributed by atoms with Gasteiger partial charge in [0.15, 0.2) is 0 Å². The van der Waals surface area contributed by atoms with E-state index in [-0.39, 0.29) is 29.6 Å². The molecule has 8 heavy (non-hydrogen) atoms. The Morgan fingerprint density at radius 1 is 1.38 bits per heavy atom. The van der Waals surface area contributed by atoms with Gasteiger partial charge >= 0.3 is 29.6 Å². The maximum atomic E-state index is 2.25. The summed E-state index contributed by atoms with van der Waals surface area (Å²) in [6.45, 7) is 4.30.